The van der Waals surface area contributed by atoms with E-state index in [4.69, 9.17) is 23.2 Å². The monoisotopic (exact) mass is 461 g/mol. The van der Waals surface area contributed by atoms with E-state index < -0.39 is 15.9 Å². The van der Waals surface area contributed by atoms with Crippen LogP contribution >= 0.6 is 23.2 Å². The van der Waals surface area contributed by atoms with Gasteiger partial charge in [-0.25, -0.2) is 13.8 Å². The zero-order chi connectivity index (χ0) is 21.7. The van der Waals surface area contributed by atoms with E-state index in [-0.39, 0.29) is 4.90 Å². The summed E-state index contributed by atoms with van der Waals surface area (Å²) in [5.41, 5.74) is 3.75. The van der Waals surface area contributed by atoms with E-state index in [1.165, 1.54) is 37.5 Å². The van der Waals surface area contributed by atoms with E-state index >= 15 is 0 Å². The molecule has 3 aromatic carbocycles. The number of rotatable bonds is 6. The minimum absolute atomic E-state index is 0.185. The molecule has 0 aliphatic rings. The number of anilines is 1. The third kappa shape index (κ3) is 4.99. The first-order chi connectivity index (χ1) is 14.3. The molecule has 0 aromatic heterocycles. The minimum Gasteiger partial charge on any atom is -0.269 e. The van der Waals surface area contributed by atoms with E-state index in [1.54, 1.807) is 48.5 Å². The molecule has 6 nitrogen and oxygen atoms in total. The summed E-state index contributed by atoms with van der Waals surface area (Å²) in [4.78, 5) is 12.4. The first kappa shape index (κ1) is 21.8. The first-order valence-electron chi connectivity index (χ1n) is 8.71. The van der Waals surface area contributed by atoms with E-state index in [2.05, 4.69) is 10.5 Å². The summed E-state index contributed by atoms with van der Waals surface area (Å²) in [7, 11) is -2.23. The molecule has 9 heteroatoms. The molecule has 3 aromatic rings. The molecule has 0 aliphatic heterocycles. The Bertz CT molecular complexity index is 1180. The van der Waals surface area contributed by atoms with Crippen molar-refractivity contribution in [2.75, 3.05) is 11.4 Å². The Morgan fingerprint density at radius 1 is 1.00 bits per heavy atom. The van der Waals surface area contributed by atoms with Crippen molar-refractivity contribution in [3.8, 4) is 0 Å². The van der Waals surface area contributed by atoms with Crippen LogP contribution < -0.4 is 9.73 Å². The summed E-state index contributed by atoms with van der Waals surface area (Å²) in [5, 5.41) is 4.80. The summed E-state index contributed by atoms with van der Waals surface area (Å²) < 4.78 is 26.5. The van der Waals surface area contributed by atoms with E-state index in [9.17, 15) is 13.2 Å². The van der Waals surface area contributed by atoms with Crippen molar-refractivity contribution >= 4 is 51.0 Å². The van der Waals surface area contributed by atoms with Crippen LogP contribution in [-0.2, 0) is 10.0 Å². The molecule has 0 spiro atoms. The number of hydrogen-bond donors (Lipinski definition) is 1. The van der Waals surface area contributed by atoms with Gasteiger partial charge < -0.3 is 0 Å². The highest BCUT2D eigenvalue weighted by Gasteiger charge is 2.21. The molecule has 1 amide bonds. The van der Waals surface area contributed by atoms with Gasteiger partial charge in [-0.2, -0.15) is 5.10 Å². The van der Waals surface area contributed by atoms with Crippen LogP contribution in [0.3, 0.4) is 0 Å². The van der Waals surface area contributed by atoms with E-state index in [1.807, 2.05) is 0 Å². The molecule has 3 rings (SSSR count). The zero-order valence-corrected chi connectivity index (χ0v) is 18.1. The van der Waals surface area contributed by atoms with Crippen LogP contribution in [0.5, 0.6) is 0 Å². The standard InChI is InChI=1S/C21H17Cl2N3O3S/c1-26(30(28,29)19-5-3-2-4-6-19)18-11-8-15(9-12-18)21(27)25-24-14-16-7-10-17(22)13-20(16)23/h2-14H,1H3,(H,25,27)/b24-14-. The smallest absolute Gasteiger partial charge is 0.269 e. The van der Waals surface area contributed by atoms with Crippen molar-refractivity contribution in [3.05, 3.63) is 94.0 Å². The molecule has 0 saturated heterocycles. The Morgan fingerprint density at radius 3 is 2.30 bits per heavy atom. The molecule has 0 fully saturated rings. The summed E-state index contributed by atoms with van der Waals surface area (Å²) in [6, 6.07) is 19.2. The molecule has 30 heavy (non-hydrogen) atoms. The summed E-state index contributed by atoms with van der Waals surface area (Å²) >= 11 is 11.9. The average Bonchev–Trinajstić information content (AvgIpc) is 2.75. The van der Waals surface area contributed by atoms with Crippen LogP contribution in [0.15, 0.2) is 82.8 Å². The third-order valence-electron chi connectivity index (χ3n) is 4.23. The Kier molecular flexibility index (Phi) is 6.77. The Balaban J connectivity index is 1.69. The predicted molar refractivity (Wildman–Crippen MR) is 120 cm³/mol. The molecular weight excluding hydrogens is 445 g/mol. The van der Waals surface area contributed by atoms with Crippen molar-refractivity contribution < 1.29 is 13.2 Å². The SMILES string of the molecule is CN(c1ccc(C(=O)N/N=C\c2ccc(Cl)cc2Cl)cc1)S(=O)(=O)c1ccccc1. The number of amides is 1. The molecule has 154 valence electrons. The Hall–Kier alpha value is -2.87. The average molecular weight is 462 g/mol. The van der Waals surface area contributed by atoms with Gasteiger partial charge in [0.25, 0.3) is 15.9 Å². The second-order valence-corrected chi connectivity index (χ2v) is 9.01. The van der Waals surface area contributed by atoms with Gasteiger partial charge in [0.1, 0.15) is 0 Å². The van der Waals surface area contributed by atoms with Gasteiger partial charge in [-0.15, -0.1) is 0 Å². The lowest BCUT2D eigenvalue weighted by atomic mass is 10.2. The van der Waals surface area contributed by atoms with Crippen molar-refractivity contribution in [3.63, 3.8) is 0 Å². The Labute approximate surface area is 184 Å². The zero-order valence-electron chi connectivity index (χ0n) is 15.8. The Morgan fingerprint density at radius 2 is 1.67 bits per heavy atom. The number of carbonyl (C=O) groups excluding carboxylic acids is 1. The van der Waals surface area contributed by atoms with Gasteiger partial charge >= 0.3 is 0 Å². The maximum absolute atomic E-state index is 12.7. The van der Waals surface area contributed by atoms with Gasteiger partial charge in [0, 0.05) is 23.2 Å². The minimum atomic E-state index is -3.69. The second kappa shape index (κ2) is 9.30. The van der Waals surface area contributed by atoms with Crippen LogP contribution in [-0.4, -0.2) is 27.6 Å². The van der Waals surface area contributed by atoms with Gasteiger partial charge in [-0.1, -0.05) is 47.5 Å². The number of carbonyl (C=O) groups is 1. The molecule has 0 bridgehead atoms. The number of nitrogens with zero attached hydrogens (tertiary/aromatic N) is 2. The molecule has 0 heterocycles. The number of nitrogens with one attached hydrogen (secondary N) is 1. The summed E-state index contributed by atoms with van der Waals surface area (Å²) in [6.45, 7) is 0. The first-order valence-corrected chi connectivity index (χ1v) is 10.9. The maximum Gasteiger partial charge on any atom is 0.271 e. The third-order valence-corrected chi connectivity index (χ3v) is 6.59. The number of benzene rings is 3. The molecule has 0 aliphatic carbocycles. The highest BCUT2D eigenvalue weighted by molar-refractivity contribution is 7.92. The van der Waals surface area contributed by atoms with Crippen LogP contribution in [0, 0.1) is 0 Å². The fraction of sp³-hybridized carbons (Fsp3) is 0.0476. The van der Waals surface area contributed by atoms with Crippen LogP contribution in [0.1, 0.15) is 15.9 Å². The van der Waals surface area contributed by atoms with Crippen LogP contribution in [0.4, 0.5) is 5.69 Å². The molecule has 0 atom stereocenters. The van der Waals surface area contributed by atoms with E-state index in [0.717, 1.165) is 4.31 Å². The molecule has 1 N–H and O–H groups in total. The van der Waals surface area contributed by atoms with Crippen molar-refractivity contribution in [1.82, 2.24) is 5.43 Å². The fourth-order valence-corrected chi connectivity index (χ4v) is 4.22. The largest absolute Gasteiger partial charge is 0.271 e. The lowest BCUT2D eigenvalue weighted by Crippen LogP contribution is -2.26. The van der Waals surface area contributed by atoms with Gasteiger partial charge in [0.05, 0.1) is 21.8 Å². The molecule has 0 saturated carbocycles. The van der Waals surface area contributed by atoms with Gasteiger partial charge in [-0.3, -0.25) is 9.10 Å². The number of hydrazone groups is 1. The van der Waals surface area contributed by atoms with Gasteiger partial charge in [-0.05, 0) is 48.5 Å². The van der Waals surface area contributed by atoms with Crippen molar-refractivity contribution in [2.45, 2.75) is 4.90 Å². The van der Waals surface area contributed by atoms with Crippen LogP contribution in [0.25, 0.3) is 0 Å². The molecular formula is C21H17Cl2N3O3S. The van der Waals surface area contributed by atoms with Crippen LogP contribution in [0.2, 0.25) is 10.0 Å². The number of sulfonamides is 1. The number of halogens is 2. The van der Waals surface area contributed by atoms with Gasteiger partial charge in [0.15, 0.2) is 0 Å². The van der Waals surface area contributed by atoms with Crippen molar-refractivity contribution in [2.24, 2.45) is 5.10 Å². The number of hydrogen-bond acceptors (Lipinski definition) is 4. The fourth-order valence-electron chi connectivity index (χ4n) is 2.54. The highest BCUT2D eigenvalue weighted by Crippen LogP contribution is 2.22. The van der Waals surface area contributed by atoms with Crippen molar-refractivity contribution in [1.29, 1.82) is 0 Å². The maximum atomic E-state index is 12.7. The highest BCUT2D eigenvalue weighted by atomic mass is 35.5. The lowest BCUT2D eigenvalue weighted by molar-refractivity contribution is 0.0955. The molecule has 0 radical (unpaired) electrons. The predicted octanol–water partition coefficient (Wildman–Crippen LogP) is 4.58. The van der Waals surface area contributed by atoms with Gasteiger partial charge in [0.2, 0.25) is 0 Å². The van der Waals surface area contributed by atoms with E-state index in [0.29, 0.717) is 26.9 Å². The summed E-state index contributed by atoms with van der Waals surface area (Å²) in [6.07, 6.45) is 1.41. The molecule has 0 unspecified atom stereocenters. The lowest BCUT2D eigenvalue weighted by Gasteiger charge is -2.19. The quantitative estimate of drug-likeness (QED) is 0.430. The summed E-state index contributed by atoms with van der Waals surface area (Å²) in [5.74, 6) is -0.448. The topological polar surface area (TPSA) is 78.8 Å². The normalized spacial score (nSPS) is 11.4. The second-order valence-electron chi connectivity index (χ2n) is 6.20.